The van der Waals surface area contributed by atoms with Crippen molar-refractivity contribution in [3.8, 4) is 0 Å². The van der Waals surface area contributed by atoms with Crippen molar-refractivity contribution in [1.29, 1.82) is 0 Å². The molecule has 76 valence electrons. The summed E-state index contributed by atoms with van der Waals surface area (Å²) >= 11 is 0. The zero-order chi connectivity index (χ0) is 9.80. The van der Waals surface area contributed by atoms with Crippen LogP contribution >= 0.6 is 0 Å². The smallest absolute Gasteiger partial charge is 0.0721 e. The molecule has 2 unspecified atom stereocenters. The minimum atomic E-state index is 0.394. The molecule has 1 aromatic carbocycles. The average molecular weight is 191 g/mol. The third kappa shape index (κ3) is 2.56. The van der Waals surface area contributed by atoms with Crippen molar-refractivity contribution < 1.29 is 4.74 Å². The van der Waals surface area contributed by atoms with Crippen LogP contribution in [0.2, 0.25) is 0 Å². The first-order chi connectivity index (χ1) is 6.84. The fourth-order valence-electron chi connectivity index (χ4n) is 1.81. The number of nitrogens with one attached hydrogen (secondary N) is 1. The molecule has 2 rings (SSSR count). The Labute approximate surface area is 85.3 Å². The van der Waals surface area contributed by atoms with Gasteiger partial charge in [0, 0.05) is 12.6 Å². The molecule has 0 saturated carbocycles. The van der Waals surface area contributed by atoms with Crippen molar-refractivity contribution in [2.45, 2.75) is 32.1 Å². The maximum Gasteiger partial charge on any atom is 0.0721 e. The molecule has 1 saturated heterocycles. The second kappa shape index (κ2) is 4.58. The lowest BCUT2D eigenvalue weighted by atomic mass is 10.2. The second-order valence-corrected chi connectivity index (χ2v) is 3.96. The SMILES string of the molecule is CC1CC(OCc2ccccc2)CN1. The van der Waals surface area contributed by atoms with Crippen molar-refractivity contribution in [3.63, 3.8) is 0 Å². The summed E-state index contributed by atoms with van der Waals surface area (Å²) in [5.74, 6) is 0. The zero-order valence-electron chi connectivity index (χ0n) is 8.57. The first kappa shape index (κ1) is 9.69. The largest absolute Gasteiger partial charge is 0.372 e. The Morgan fingerprint density at radius 1 is 1.36 bits per heavy atom. The molecule has 1 heterocycles. The van der Waals surface area contributed by atoms with Crippen LogP contribution in [0.3, 0.4) is 0 Å². The minimum absolute atomic E-state index is 0.394. The highest BCUT2D eigenvalue weighted by atomic mass is 16.5. The first-order valence-corrected chi connectivity index (χ1v) is 5.23. The van der Waals surface area contributed by atoms with Crippen LogP contribution in [0.25, 0.3) is 0 Å². The van der Waals surface area contributed by atoms with Gasteiger partial charge < -0.3 is 10.1 Å². The molecule has 1 aliphatic heterocycles. The van der Waals surface area contributed by atoms with Crippen LogP contribution in [-0.2, 0) is 11.3 Å². The third-order valence-corrected chi connectivity index (χ3v) is 2.64. The summed E-state index contributed by atoms with van der Waals surface area (Å²) in [6.45, 7) is 3.93. The molecule has 2 heteroatoms. The number of hydrogen-bond donors (Lipinski definition) is 1. The average Bonchev–Trinajstić information content (AvgIpc) is 2.63. The van der Waals surface area contributed by atoms with Crippen LogP contribution in [0, 0.1) is 0 Å². The highest BCUT2D eigenvalue weighted by Crippen LogP contribution is 2.12. The van der Waals surface area contributed by atoms with E-state index in [1.165, 1.54) is 5.56 Å². The van der Waals surface area contributed by atoms with Crippen LogP contribution in [-0.4, -0.2) is 18.7 Å². The second-order valence-electron chi connectivity index (χ2n) is 3.96. The van der Waals surface area contributed by atoms with Crippen LogP contribution in [0.4, 0.5) is 0 Å². The van der Waals surface area contributed by atoms with Crippen molar-refractivity contribution in [3.05, 3.63) is 35.9 Å². The molecular formula is C12H17NO. The number of hydrogen-bond acceptors (Lipinski definition) is 2. The Morgan fingerprint density at radius 2 is 2.14 bits per heavy atom. The predicted octanol–water partition coefficient (Wildman–Crippen LogP) is 1.95. The monoisotopic (exact) mass is 191 g/mol. The molecular weight excluding hydrogens is 174 g/mol. The summed E-state index contributed by atoms with van der Waals surface area (Å²) in [6.07, 6.45) is 1.53. The summed E-state index contributed by atoms with van der Waals surface area (Å²) in [5, 5.41) is 3.38. The molecule has 0 amide bonds. The normalized spacial score (nSPS) is 26.6. The van der Waals surface area contributed by atoms with E-state index in [-0.39, 0.29) is 0 Å². The Bertz CT molecular complexity index is 273. The van der Waals surface area contributed by atoms with E-state index in [2.05, 4.69) is 24.4 Å². The van der Waals surface area contributed by atoms with E-state index in [1.54, 1.807) is 0 Å². The topological polar surface area (TPSA) is 21.3 Å². The van der Waals surface area contributed by atoms with E-state index in [0.29, 0.717) is 12.1 Å². The Hall–Kier alpha value is -0.860. The van der Waals surface area contributed by atoms with Gasteiger partial charge in [0.05, 0.1) is 12.7 Å². The van der Waals surface area contributed by atoms with Crippen molar-refractivity contribution in [2.75, 3.05) is 6.54 Å². The highest BCUT2D eigenvalue weighted by Gasteiger charge is 2.20. The van der Waals surface area contributed by atoms with Crippen molar-refractivity contribution >= 4 is 0 Å². The maximum absolute atomic E-state index is 5.80. The number of benzene rings is 1. The number of ether oxygens (including phenoxy) is 1. The van der Waals surface area contributed by atoms with Gasteiger partial charge in [0.2, 0.25) is 0 Å². The van der Waals surface area contributed by atoms with Gasteiger partial charge in [0.25, 0.3) is 0 Å². The lowest BCUT2D eigenvalue weighted by molar-refractivity contribution is 0.0529. The van der Waals surface area contributed by atoms with Gasteiger partial charge in [-0.3, -0.25) is 0 Å². The van der Waals surface area contributed by atoms with Gasteiger partial charge in [0.15, 0.2) is 0 Å². The molecule has 1 aromatic rings. The van der Waals surface area contributed by atoms with Gasteiger partial charge in [-0.2, -0.15) is 0 Å². The molecule has 0 aliphatic carbocycles. The van der Waals surface area contributed by atoms with Gasteiger partial charge in [-0.15, -0.1) is 0 Å². The minimum Gasteiger partial charge on any atom is -0.372 e. The molecule has 1 N–H and O–H groups in total. The van der Waals surface area contributed by atoms with Gasteiger partial charge in [-0.25, -0.2) is 0 Å². The Kier molecular flexibility index (Phi) is 3.17. The summed E-state index contributed by atoms with van der Waals surface area (Å²) in [7, 11) is 0. The van der Waals surface area contributed by atoms with Crippen LogP contribution in [0.5, 0.6) is 0 Å². The Balaban J connectivity index is 1.78. The molecule has 2 atom stereocenters. The van der Waals surface area contributed by atoms with Gasteiger partial charge in [-0.05, 0) is 18.9 Å². The van der Waals surface area contributed by atoms with E-state index in [4.69, 9.17) is 4.74 Å². The third-order valence-electron chi connectivity index (χ3n) is 2.64. The summed E-state index contributed by atoms with van der Waals surface area (Å²) < 4.78 is 5.80. The van der Waals surface area contributed by atoms with E-state index >= 15 is 0 Å². The molecule has 0 radical (unpaired) electrons. The van der Waals surface area contributed by atoms with Gasteiger partial charge in [0.1, 0.15) is 0 Å². The van der Waals surface area contributed by atoms with Crippen molar-refractivity contribution in [2.24, 2.45) is 0 Å². The molecule has 14 heavy (non-hydrogen) atoms. The van der Waals surface area contributed by atoms with Crippen LogP contribution in [0.15, 0.2) is 30.3 Å². The fraction of sp³-hybridized carbons (Fsp3) is 0.500. The van der Waals surface area contributed by atoms with Gasteiger partial charge >= 0.3 is 0 Å². The maximum atomic E-state index is 5.80. The zero-order valence-corrected chi connectivity index (χ0v) is 8.57. The van der Waals surface area contributed by atoms with E-state index in [1.807, 2.05) is 18.2 Å². The van der Waals surface area contributed by atoms with E-state index < -0.39 is 0 Å². The highest BCUT2D eigenvalue weighted by molar-refractivity contribution is 5.13. The van der Waals surface area contributed by atoms with Crippen molar-refractivity contribution in [1.82, 2.24) is 5.32 Å². The molecule has 1 fully saturated rings. The molecule has 0 bridgehead atoms. The Morgan fingerprint density at radius 3 is 2.79 bits per heavy atom. The quantitative estimate of drug-likeness (QED) is 0.788. The predicted molar refractivity (Wildman–Crippen MR) is 57.1 cm³/mol. The molecule has 2 nitrogen and oxygen atoms in total. The van der Waals surface area contributed by atoms with Crippen LogP contribution in [0.1, 0.15) is 18.9 Å². The first-order valence-electron chi connectivity index (χ1n) is 5.23. The summed E-state index contributed by atoms with van der Waals surface area (Å²) in [4.78, 5) is 0. The van der Waals surface area contributed by atoms with E-state index in [9.17, 15) is 0 Å². The lowest BCUT2D eigenvalue weighted by Gasteiger charge is -2.10. The van der Waals surface area contributed by atoms with Crippen LogP contribution < -0.4 is 5.32 Å². The molecule has 1 aliphatic rings. The molecule has 0 spiro atoms. The number of rotatable bonds is 3. The summed E-state index contributed by atoms with van der Waals surface area (Å²) in [6, 6.07) is 10.9. The molecule has 0 aromatic heterocycles. The van der Waals surface area contributed by atoms with Gasteiger partial charge in [-0.1, -0.05) is 30.3 Å². The standard InChI is InChI=1S/C12H17NO/c1-10-7-12(8-13-10)14-9-11-5-3-2-4-6-11/h2-6,10,12-13H,7-9H2,1H3. The fourth-order valence-corrected chi connectivity index (χ4v) is 1.81. The summed E-state index contributed by atoms with van der Waals surface area (Å²) in [5.41, 5.74) is 1.26. The lowest BCUT2D eigenvalue weighted by Crippen LogP contribution is -2.18. The van der Waals surface area contributed by atoms with E-state index in [0.717, 1.165) is 19.6 Å².